The summed E-state index contributed by atoms with van der Waals surface area (Å²) in [6.45, 7) is 3.58. The van der Waals surface area contributed by atoms with Gasteiger partial charge in [0.15, 0.2) is 0 Å². The van der Waals surface area contributed by atoms with Gasteiger partial charge in [-0.15, -0.1) is 0 Å². The molecule has 1 aliphatic rings. The molecule has 1 fully saturated rings. The lowest BCUT2D eigenvalue weighted by atomic mass is 9.95. The van der Waals surface area contributed by atoms with Gasteiger partial charge in [0.25, 0.3) is 0 Å². The van der Waals surface area contributed by atoms with Crippen molar-refractivity contribution in [3.05, 3.63) is 66.6 Å². The number of hydrogen-bond donors (Lipinski definition) is 1. The van der Waals surface area contributed by atoms with E-state index >= 15 is 0 Å². The number of nitrogens with one attached hydrogen (secondary N) is 1. The maximum absolute atomic E-state index is 12.8. The number of piperidine rings is 1. The van der Waals surface area contributed by atoms with Crippen molar-refractivity contribution in [3.63, 3.8) is 0 Å². The lowest BCUT2D eigenvalue weighted by molar-refractivity contribution is -0.120. The fraction of sp³-hybridized carbons (Fsp3) is 0.292. The maximum Gasteiger partial charge on any atom is 0.227 e. The molecular formula is C24H26N4O2. The third kappa shape index (κ3) is 4.43. The van der Waals surface area contributed by atoms with Gasteiger partial charge in [-0.25, -0.2) is 4.98 Å². The summed E-state index contributed by atoms with van der Waals surface area (Å²) >= 11 is 0. The quantitative estimate of drug-likeness (QED) is 0.689. The van der Waals surface area contributed by atoms with Crippen molar-refractivity contribution in [1.29, 1.82) is 0 Å². The predicted molar refractivity (Wildman–Crippen MR) is 119 cm³/mol. The molecule has 2 aromatic carbocycles. The van der Waals surface area contributed by atoms with Crippen molar-refractivity contribution in [3.8, 4) is 16.9 Å². The zero-order valence-electron chi connectivity index (χ0n) is 17.3. The van der Waals surface area contributed by atoms with E-state index in [2.05, 4.69) is 20.2 Å². The van der Waals surface area contributed by atoms with Gasteiger partial charge in [0.1, 0.15) is 11.6 Å². The number of ether oxygens (including phenoxy) is 1. The summed E-state index contributed by atoms with van der Waals surface area (Å²) in [5.41, 5.74) is 3.83. The Balaban J connectivity index is 1.39. The summed E-state index contributed by atoms with van der Waals surface area (Å²) in [7, 11) is 1.66. The SMILES string of the molecule is COc1cccc(-c2cccc(NC(=O)C3CCN(c4nccnc4C)CC3)c2)c1. The van der Waals surface area contributed by atoms with Crippen molar-refractivity contribution in [2.24, 2.45) is 5.92 Å². The minimum atomic E-state index is -0.00120. The Bertz CT molecular complexity index is 1030. The van der Waals surface area contributed by atoms with Gasteiger partial charge in [0.2, 0.25) is 5.91 Å². The molecule has 1 amide bonds. The van der Waals surface area contributed by atoms with E-state index in [-0.39, 0.29) is 11.8 Å². The van der Waals surface area contributed by atoms with Crippen LogP contribution in [0.25, 0.3) is 11.1 Å². The Kier molecular flexibility index (Phi) is 5.93. The van der Waals surface area contributed by atoms with Gasteiger partial charge in [-0.3, -0.25) is 9.78 Å². The van der Waals surface area contributed by atoms with E-state index in [0.717, 1.165) is 60.0 Å². The zero-order chi connectivity index (χ0) is 20.9. The maximum atomic E-state index is 12.8. The minimum Gasteiger partial charge on any atom is -0.497 e. The van der Waals surface area contributed by atoms with E-state index in [1.165, 1.54) is 0 Å². The summed E-state index contributed by atoms with van der Waals surface area (Å²) in [5, 5.41) is 3.10. The molecule has 30 heavy (non-hydrogen) atoms. The fourth-order valence-electron chi connectivity index (χ4n) is 3.89. The molecule has 1 N–H and O–H groups in total. The molecule has 2 heterocycles. The first-order valence-electron chi connectivity index (χ1n) is 10.2. The minimum absolute atomic E-state index is 0.00120. The molecule has 3 aromatic rings. The number of methoxy groups -OCH3 is 1. The molecule has 0 saturated carbocycles. The number of carbonyl (C=O) groups is 1. The molecule has 1 saturated heterocycles. The monoisotopic (exact) mass is 402 g/mol. The van der Waals surface area contributed by atoms with Crippen LogP contribution in [-0.4, -0.2) is 36.1 Å². The van der Waals surface area contributed by atoms with Gasteiger partial charge in [-0.05, 0) is 55.2 Å². The molecule has 0 atom stereocenters. The Morgan fingerprint density at radius 2 is 1.73 bits per heavy atom. The van der Waals surface area contributed by atoms with E-state index in [1.807, 2.05) is 55.5 Å². The van der Waals surface area contributed by atoms with Gasteiger partial charge >= 0.3 is 0 Å². The van der Waals surface area contributed by atoms with Crippen LogP contribution in [0.1, 0.15) is 18.5 Å². The van der Waals surface area contributed by atoms with Gasteiger partial charge < -0.3 is 15.0 Å². The first-order chi connectivity index (χ1) is 14.6. The van der Waals surface area contributed by atoms with Crippen molar-refractivity contribution in [2.45, 2.75) is 19.8 Å². The number of carbonyl (C=O) groups excluding carboxylic acids is 1. The van der Waals surface area contributed by atoms with E-state index < -0.39 is 0 Å². The second-order valence-corrected chi connectivity index (χ2v) is 7.53. The highest BCUT2D eigenvalue weighted by Crippen LogP contribution is 2.28. The molecule has 0 spiro atoms. The lowest BCUT2D eigenvalue weighted by Gasteiger charge is -2.32. The van der Waals surface area contributed by atoms with Crippen LogP contribution in [0.15, 0.2) is 60.9 Å². The molecule has 0 radical (unpaired) electrons. The van der Waals surface area contributed by atoms with Crippen LogP contribution in [0.2, 0.25) is 0 Å². The topological polar surface area (TPSA) is 67.3 Å². The standard InChI is InChI=1S/C24H26N4O2/c1-17-23(26-12-11-25-17)28-13-9-18(10-14-28)24(29)27-21-7-3-5-19(15-21)20-6-4-8-22(16-20)30-2/h3-8,11-12,15-16,18H,9-10,13-14H2,1-2H3,(H,27,29). The molecule has 0 unspecified atom stereocenters. The smallest absolute Gasteiger partial charge is 0.227 e. The predicted octanol–water partition coefficient (Wildman–Crippen LogP) is 4.32. The van der Waals surface area contributed by atoms with Crippen LogP contribution in [0, 0.1) is 12.8 Å². The molecule has 0 bridgehead atoms. The Labute approximate surface area is 176 Å². The molecule has 1 aromatic heterocycles. The summed E-state index contributed by atoms with van der Waals surface area (Å²) < 4.78 is 5.32. The third-order valence-electron chi connectivity index (χ3n) is 5.55. The number of hydrogen-bond acceptors (Lipinski definition) is 5. The highest BCUT2D eigenvalue weighted by atomic mass is 16.5. The number of aryl methyl sites for hydroxylation is 1. The van der Waals surface area contributed by atoms with E-state index in [1.54, 1.807) is 19.5 Å². The number of anilines is 2. The molecule has 4 rings (SSSR count). The average molecular weight is 402 g/mol. The largest absolute Gasteiger partial charge is 0.497 e. The summed E-state index contributed by atoms with van der Waals surface area (Å²) in [6, 6.07) is 15.8. The van der Waals surface area contributed by atoms with Crippen molar-refractivity contribution in [2.75, 3.05) is 30.4 Å². The highest BCUT2D eigenvalue weighted by molar-refractivity contribution is 5.93. The van der Waals surface area contributed by atoms with Crippen LogP contribution in [0.3, 0.4) is 0 Å². The first kappa shape index (κ1) is 19.9. The van der Waals surface area contributed by atoms with Crippen molar-refractivity contribution < 1.29 is 9.53 Å². The Morgan fingerprint density at radius 1 is 1.03 bits per heavy atom. The zero-order valence-corrected chi connectivity index (χ0v) is 17.3. The van der Waals surface area contributed by atoms with Crippen LogP contribution < -0.4 is 15.0 Å². The fourth-order valence-corrected chi connectivity index (χ4v) is 3.89. The average Bonchev–Trinajstić information content (AvgIpc) is 2.80. The lowest BCUT2D eigenvalue weighted by Crippen LogP contribution is -2.39. The second-order valence-electron chi connectivity index (χ2n) is 7.53. The molecule has 6 heteroatoms. The van der Waals surface area contributed by atoms with Gasteiger partial charge in [0, 0.05) is 37.1 Å². The number of rotatable bonds is 5. The van der Waals surface area contributed by atoms with Crippen LogP contribution in [-0.2, 0) is 4.79 Å². The summed E-state index contributed by atoms with van der Waals surface area (Å²) in [6.07, 6.45) is 5.03. The van der Waals surface area contributed by atoms with Gasteiger partial charge in [0.05, 0.1) is 12.8 Å². The molecule has 154 valence electrons. The summed E-state index contributed by atoms with van der Waals surface area (Å²) in [4.78, 5) is 23.8. The molecule has 1 aliphatic heterocycles. The van der Waals surface area contributed by atoms with E-state index in [0.29, 0.717) is 0 Å². The molecular weight excluding hydrogens is 376 g/mol. The first-order valence-corrected chi connectivity index (χ1v) is 10.2. The van der Waals surface area contributed by atoms with Gasteiger partial charge in [-0.2, -0.15) is 0 Å². The second kappa shape index (κ2) is 8.95. The summed E-state index contributed by atoms with van der Waals surface area (Å²) in [5.74, 6) is 1.81. The van der Waals surface area contributed by atoms with Crippen LogP contribution in [0.4, 0.5) is 11.5 Å². The van der Waals surface area contributed by atoms with Crippen LogP contribution >= 0.6 is 0 Å². The number of nitrogens with zero attached hydrogens (tertiary/aromatic N) is 3. The van der Waals surface area contributed by atoms with Crippen LogP contribution in [0.5, 0.6) is 5.75 Å². The van der Waals surface area contributed by atoms with Crippen molar-refractivity contribution in [1.82, 2.24) is 9.97 Å². The van der Waals surface area contributed by atoms with Crippen molar-refractivity contribution >= 4 is 17.4 Å². The van der Waals surface area contributed by atoms with Gasteiger partial charge in [-0.1, -0.05) is 24.3 Å². The number of aromatic nitrogens is 2. The van der Waals surface area contributed by atoms with E-state index in [4.69, 9.17) is 4.74 Å². The Hall–Kier alpha value is -3.41. The normalized spacial score (nSPS) is 14.4. The van der Waals surface area contributed by atoms with E-state index in [9.17, 15) is 4.79 Å². The number of benzene rings is 2. The third-order valence-corrected chi connectivity index (χ3v) is 5.55. The highest BCUT2D eigenvalue weighted by Gasteiger charge is 2.26. The molecule has 0 aliphatic carbocycles. The molecule has 6 nitrogen and oxygen atoms in total. The number of amides is 1. The Morgan fingerprint density at radius 3 is 2.47 bits per heavy atom.